The van der Waals surface area contributed by atoms with E-state index in [0.717, 1.165) is 16.9 Å². The zero-order chi connectivity index (χ0) is 18.5. The van der Waals surface area contributed by atoms with Crippen LogP contribution in [-0.4, -0.2) is 24.1 Å². The minimum atomic E-state index is -0.810. The first kappa shape index (κ1) is 18.0. The molecule has 2 aromatic carbocycles. The van der Waals surface area contributed by atoms with E-state index in [-0.39, 0.29) is 11.8 Å². The Kier molecular flexibility index (Phi) is 5.56. The van der Waals surface area contributed by atoms with Crippen molar-refractivity contribution in [2.45, 2.75) is 25.7 Å². The van der Waals surface area contributed by atoms with Crippen LogP contribution in [0.15, 0.2) is 48.5 Å². The van der Waals surface area contributed by atoms with Crippen LogP contribution >= 0.6 is 0 Å². The molecule has 0 saturated heterocycles. The summed E-state index contributed by atoms with van der Waals surface area (Å²) in [7, 11) is 1.63. The summed E-state index contributed by atoms with van der Waals surface area (Å²) in [4.78, 5) is 23.5. The molecule has 1 aliphatic carbocycles. The SMILES string of the molecule is COc1ccc(NC(=O)[C@@H]2CC[C@H](C(=O)O)C2)cc1Cc1ccccc1. The minimum Gasteiger partial charge on any atom is -0.496 e. The molecule has 5 heteroatoms. The molecule has 1 saturated carbocycles. The highest BCUT2D eigenvalue weighted by Gasteiger charge is 2.33. The van der Waals surface area contributed by atoms with Gasteiger partial charge in [-0.2, -0.15) is 0 Å². The van der Waals surface area contributed by atoms with E-state index in [1.54, 1.807) is 7.11 Å². The Morgan fingerprint density at radius 3 is 2.50 bits per heavy atom. The molecule has 0 spiro atoms. The molecule has 0 heterocycles. The molecule has 1 amide bonds. The lowest BCUT2D eigenvalue weighted by molar-refractivity contribution is -0.141. The van der Waals surface area contributed by atoms with E-state index < -0.39 is 11.9 Å². The number of carboxylic acid groups (broad SMARTS) is 1. The first-order valence-corrected chi connectivity index (χ1v) is 8.81. The van der Waals surface area contributed by atoms with Gasteiger partial charge in [0.2, 0.25) is 5.91 Å². The molecule has 26 heavy (non-hydrogen) atoms. The Labute approximate surface area is 153 Å². The largest absolute Gasteiger partial charge is 0.496 e. The number of aliphatic carboxylic acids is 1. The molecule has 2 N–H and O–H groups in total. The van der Waals surface area contributed by atoms with Gasteiger partial charge in [-0.15, -0.1) is 0 Å². The summed E-state index contributed by atoms with van der Waals surface area (Å²) >= 11 is 0. The Morgan fingerprint density at radius 2 is 1.85 bits per heavy atom. The van der Waals surface area contributed by atoms with Crippen molar-refractivity contribution in [3.8, 4) is 5.75 Å². The van der Waals surface area contributed by atoms with Crippen molar-refractivity contribution in [1.82, 2.24) is 0 Å². The van der Waals surface area contributed by atoms with Gasteiger partial charge in [0.15, 0.2) is 0 Å². The Hall–Kier alpha value is -2.82. The molecular formula is C21H23NO4. The third kappa shape index (κ3) is 4.23. The molecule has 0 bridgehead atoms. The molecule has 136 valence electrons. The molecule has 0 unspecified atom stereocenters. The van der Waals surface area contributed by atoms with Gasteiger partial charge in [0, 0.05) is 23.6 Å². The van der Waals surface area contributed by atoms with Gasteiger partial charge in [0.1, 0.15) is 5.75 Å². The summed E-state index contributed by atoms with van der Waals surface area (Å²) in [6, 6.07) is 15.7. The molecular weight excluding hydrogens is 330 g/mol. The third-order valence-corrected chi connectivity index (χ3v) is 4.94. The highest BCUT2D eigenvalue weighted by Crippen LogP contribution is 2.32. The van der Waals surface area contributed by atoms with Crippen molar-refractivity contribution < 1.29 is 19.4 Å². The summed E-state index contributed by atoms with van der Waals surface area (Å²) in [5.41, 5.74) is 2.86. The van der Waals surface area contributed by atoms with E-state index in [0.29, 0.717) is 31.4 Å². The number of hydrogen-bond acceptors (Lipinski definition) is 3. The number of anilines is 1. The van der Waals surface area contributed by atoms with Crippen molar-refractivity contribution in [1.29, 1.82) is 0 Å². The summed E-state index contributed by atoms with van der Waals surface area (Å²) in [6.45, 7) is 0. The van der Waals surface area contributed by atoms with Crippen molar-refractivity contribution >= 4 is 17.6 Å². The van der Waals surface area contributed by atoms with Gasteiger partial charge in [-0.1, -0.05) is 30.3 Å². The highest BCUT2D eigenvalue weighted by molar-refractivity contribution is 5.93. The fourth-order valence-electron chi connectivity index (χ4n) is 3.50. The van der Waals surface area contributed by atoms with Gasteiger partial charge in [0.05, 0.1) is 13.0 Å². The maximum atomic E-state index is 12.5. The lowest BCUT2D eigenvalue weighted by Gasteiger charge is -2.14. The average molecular weight is 353 g/mol. The molecule has 1 aliphatic rings. The monoisotopic (exact) mass is 353 g/mol. The predicted molar refractivity (Wildman–Crippen MR) is 99.3 cm³/mol. The zero-order valence-electron chi connectivity index (χ0n) is 14.8. The van der Waals surface area contributed by atoms with Crippen LogP contribution in [-0.2, 0) is 16.0 Å². The molecule has 1 fully saturated rings. The maximum Gasteiger partial charge on any atom is 0.306 e. The van der Waals surface area contributed by atoms with Crippen molar-refractivity contribution in [2.24, 2.45) is 11.8 Å². The van der Waals surface area contributed by atoms with Gasteiger partial charge in [-0.25, -0.2) is 0 Å². The second-order valence-corrected chi connectivity index (χ2v) is 6.72. The number of carbonyl (C=O) groups excluding carboxylic acids is 1. The van der Waals surface area contributed by atoms with Gasteiger partial charge in [-0.05, 0) is 43.0 Å². The Morgan fingerprint density at radius 1 is 1.12 bits per heavy atom. The van der Waals surface area contributed by atoms with Crippen LogP contribution in [0.1, 0.15) is 30.4 Å². The molecule has 2 atom stereocenters. The van der Waals surface area contributed by atoms with Crippen molar-refractivity contribution in [3.05, 3.63) is 59.7 Å². The minimum absolute atomic E-state index is 0.107. The number of carboxylic acids is 1. The molecule has 0 aliphatic heterocycles. The molecule has 0 aromatic heterocycles. The van der Waals surface area contributed by atoms with E-state index >= 15 is 0 Å². The molecule has 0 radical (unpaired) electrons. The number of carbonyl (C=O) groups is 2. The number of hydrogen-bond donors (Lipinski definition) is 2. The number of methoxy groups -OCH3 is 1. The molecule has 5 nitrogen and oxygen atoms in total. The van der Waals surface area contributed by atoms with Crippen LogP contribution in [0, 0.1) is 11.8 Å². The van der Waals surface area contributed by atoms with Crippen LogP contribution in [0.4, 0.5) is 5.69 Å². The fourth-order valence-corrected chi connectivity index (χ4v) is 3.50. The first-order valence-electron chi connectivity index (χ1n) is 8.81. The lowest BCUT2D eigenvalue weighted by atomic mass is 10.0. The Bertz CT molecular complexity index is 788. The third-order valence-electron chi connectivity index (χ3n) is 4.94. The van der Waals surface area contributed by atoms with E-state index in [1.165, 1.54) is 0 Å². The lowest BCUT2D eigenvalue weighted by Crippen LogP contribution is -2.21. The quantitative estimate of drug-likeness (QED) is 0.830. The van der Waals surface area contributed by atoms with Crippen molar-refractivity contribution in [2.75, 3.05) is 12.4 Å². The second-order valence-electron chi connectivity index (χ2n) is 6.72. The van der Waals surface area contributed by atoms with Gasteiger partial charge in [0.25, 0.3) is 0 Å². The topological polar surface area (TPSA) is 75.6 Å². The van der Waals surface area contributed by atoms with E-state index in [4.69, 9.17) is 9.84 Å². The van der Waals surface area contributed by atoms with Gasteiger partial charge >= 0.3 is 5.97 Å². The summed E-state index contributed by atoms with van der Waals surface area (Å²) < 4.78 is 5.44. The Balaban J connectivity index is 1.71. The number of benzene rings is 2. The van der Waals surface area contributed by atoms with E-state index in [9.17, 15) is 9.59 Å². The van der Waals surface area contributed by atoms with Crippen LogP contribution in [0.3, 0.4) is 0 Å². The average Bonchev–Trinajstić information content (AvgIpc) is 3.13. The second kappa shape index (κ2) is 8.04. The van der Waals surface area contributed by atoms with Crippen molar-refractivity contribution in [3.63, 3.8) is 0 Å². The van der Waals surface area contributed by atoms with Gasteiger partial charge < -0.3 is 15.2 Å². The number of rotatable bonds is 6. The van der Waals surface area contributed by atoms with E-state index in [2.05, 4.69) is 17.4 Å². The number of amides is 1. The van der Waals surface area contributed by atoms with Crippen LogP contribution in [0.2, 0.25) is 0 Å². The van der Waals surface area contributed by atoms with E-state index in [1.807, 2.05) is 36.4 Å². The predicted octanol–water partition coefficient (Wildman–Crippen LogP) is 3.73. The molecule has 3 rings (SSSR count). The standard InChI is InChI=1S/C21H23NO4/c1-26-19-10-9-18(13-17(19)11-14-5-3-2-4-6-14)22-20(23)15-7-8-16(12-15)21(24)25/h2-6,9-10,13,15-16H,7-8,11-12H2,1H3,(H,22,23)(H,24,25)/t15-,16+/m1/s1. The smallest absolute Gasteiger partial charge is 0.306 e. The number of nitrogens with one attached hydrogen (secondary N) is 1. The first-order chi connectivity index (χ1) is 12.6. The van der Waals surface area contributed by atoms with Crippen LogP contribution < -0.4 is 10.1 Å². The number of ether oxygens (including phenoxy) is 1. The summed E-state index contributed by atoms with van der Waals surface area (Å²) in [5.74, 6) is -0.788. The summed E-state index contributed by atoms with van der Waals surface area (Å²) in [5, 5.41) is 12.0. The normalized spacial score (nSPS) is 19.1. The van der Waals surface area contributed by atoms with Gasteiger partial charge in [-0.3, -0.25) is 9.59 Å². The maximum absolute atomic E-state index is 12.5. The van der Waals surface area contributed by atoms with Crippen LogP contribution in [0.5, 0.6) is 5.75 Å². The fraction of sp³-hybridized carbons (Fsp3) is 0.333. The highest BCUT2D eigenvalue weighted by atomic mass is 16.5. The molecule has 2 aromatic rings. The van der Waals surface area contributed by atoms with Crippen LogP contribution in [0.25, 0.3) is 0 Å². The summed E-state index contributed by atoms with van der Waals surface area (Å²) in [6.07, 6.45) is 2.30. The zero-order valence-corrected chi connectivity index (χ0v) is 14.8.